The minimum Gasteiger partial charge on any atom is -0.361 e. The Hall–Kier alpha value is -1.13. The molecule has 0 radical (unpaired) electrons. The lowest BCUT2D eigenvalue weighted by molar-refractivity contribution is 0.150. The Bertz CT molecular complexity index is 597. The Balaban J connectivity index is 1.67. The number of benzene rings is 1. The highest BCUT2D eigenvalue weighted by Gasteiger charge is 2.28. The summed E-state index contributed by atoms with van der Waals surface area (Å²) in [5, 5.41) is 4.63. The summed E-state index contributed by atoms with van der Waals surface area (Å²) in [4.78, 5) is 7.10. The highest BCUT2D eigenvalue weighted by atomic mass is 32.1. The Morgan fingerprint density at radius 1 is 1.35 bits per heavy atom. The molecule has 2 aromatic rings. The van der Waals surface area contributed by atoms with Crippen molar-refractivity contribution < 1.29 is 0 Å². The highest BCUT2D eigenvalue weighted by Crippen LogP contribution is 2.32. The van der Waals surface area contributed by atoms with E-state index in [9.17, 15) is 0 Å². The van der Waals surface area contributed by atoms with Gasteiger partial charge in [-0.15, -0.1) is 0 Å². The van der Waals surface area contributed by atoms with Crippen molar-refractivity contribution in [3.05, 3.63) is 23.8 Å². The molecular weight excluding hydrogens is 266 g/mol. The molecule has 0 bridgehead atoms. The van der Waals surface area contributed by atoms with E-state index in [-0.39, 0.29) is 0 Å². The standard InChI is InChI=1S/C16H23N3S/c1-12-4-5-13-14(10-12)20-15(18-13)17-11-16(2)6-8-19(3)9-7-16/h4-5,10H,6-9,11H2,1-3H3,(H,17,18). The van der Waals surface area contributed by atoms with E-state index in [1.807, 2.05) is 0 Å². The molecule has 1 fully saturated rings. The minimum absolute atomic E-state index is 0.403. The molecule has 3 rings (SSSR count). The van der Waals surface area contributed by atoms with Crippen LogP contribution in [0.15, 0.2) is 18.2 Å². The van der Waals surface area contributed by atoms with Crippen LogP contribution in [0.2, 0.25) is 0 Å². The van der Waals surface area contributed by atoms with Gasteiger partial charge in [0.2, 0.25) is 0 Å². The van der Waals surface area contributed by atoms with E-state index in [0.29, 0.717) is 5.41 Å². The zero-order valence-corrected chi connectivity index (χ0v) is 13.4. The number of anilines is 1. The van der Waals surface area contributed by atoms with Crippen LogP contribution in [-0.2, 0) is 0 Å². The highest BCUT2D eigenvalue weighted by molar-refractivity contribution is 7.22. The maximum atomic E-state index is 4.68. The van der Waals surface area contributed by atoms with Gasteiger partial charge in [-0.25, -0.2) is 4.98 Å². The molecule has 1 N–H and O–H groups in total. The Kier molecular flexibility index (Phi) is 3.69. The third-order valence-corrected chi connectivity index (χ3v) is 5.38. The van der Waals surface area contributed by atoms with Crippen LogP contribution in [0.1, 0.15) is 25.3 Å². The number of aryl methyl sites for hydroxylation is 1. The van der Waals surface area contributed by atoms with Gasteiger partial charge in [0.15, 0.2) is 5.13 Å². The lowest BCUT2D eigenvalue weighted by atomic mass is 9.80. The number of thiazole rings is 1. The molecular formula is C16H23N3S. The number of nitrogens with one attached hydrogen (secondary N) is 1. The van der Waals surface area contributed by atoms with Crippen LogP contribution in [-0.4, -0.2) is 36.6 Å². The summed E-state index contributed by atoms with van der Waals surface area (Å²) in [6.07, 6.45) is 2.53. The van der Waals surface area contributed by atoms with E-state index in [4.69, 9.17) is 0 Å². The van der Waals surface area contributed by atoms with Crippen molar-refractivity contribution in [1.29, 1.82) is 0 Å². The van der Waals surface area contributed by atoms with Gasteiger partial charge >= 0.3 is 0 Å². The van der Waals surface area contributed by atoms with Crippen LogP contribution in [0.5, 0.6) is 0 Å². The molecule has 2 heterocycles. The lowest BCUT2D eigenvalue weighted by Gasteiger charge is -2.37. The molecule has 0 amide bonds. The number of nitrogens with zero attached hydrogens (tertiary/aromatic N) is 2. The zero-order chi connectivity index (χ0) is 14.2. The van der Waals surface area contributed by atoms with Crippen molar-refractivity contribution in [2.24, 2.45) is 5.41 Å². The maximum Gasteiger partial charge on any atom is 0.183 e. The van der Waals surface area contributed by atoms with Crippen molar-refractivity contribution in [3.63, 3.8) is 0 Å². The molecule has 1 aromatic heterocycles. The van der Waals surface area contributed by atoms with Crippen LogP contribution in [0.3, 0.4) is 0 Å². The maximum absolute atomic E-state index is 4.68. The fraction of sp³-hybridized carbons (Fsp3) is 0.562. The number of hydrogen-bond donors (Lipinski definition) is 1. The van der Waals surface area contributed by atoms with Gasteiger partial charge in [-0.2, -0.15) is 0 Å². The first-order chi connectivity index (χ1) is 9.54. The SMILES string of the molecule is Cc1ccc2nc(NCC3(C)CCN(C)CC3)sc2c1. The zero-order valence-electron chi connectivity index (χ0n) is 12.6. The van der Waals surface area contributed by atoms with E-state index in [1.54, 1.807) is 11.3 Å². The molecule has 0 saturated carbocycles. The Morgan fingerprint density at radius 2 is 2.10 bits per heavy atom. The molecule has 0 aliphatic carbocycles. The van der Waals surface area contributed by atoms with Crippen LogP contribution in [0, 0.1) is 12.3 Å². The van der Waals surface area contributed by atoms with Crippen molar-refractivity contribution in [1.82, 2.24) is 9.88 Å². The van der Waals surface area contributed by atoms with E-state index < -0.39 is 0 Å². The summed E-state index contributed by atoms with van der Waals surface area (Å²) in [5.41, 5.74) is 2.81. The van der Waals surface area contributed by atoms with Gasteiger partial charge in [-0.05, 0) is 63.0 Å². The number of fused-ring (bicyclic) bond motifs is 1. The molecule has 3 nitrogen and oxygen atoms in total. The van der Waals surface area contributed by atoms with Crippen molar-refractivity contribution in [2.45, 2.75) is 26.7 Å². The second-order valence-electron chi connectivity index (χ2n) is 6.46. The van der Waals surface area contributed by atoms with Crippen LogP contribution in [0.4, 0.5) is 5.13 Å². The fourth-order valence-electron chi connectivity index (χ4n) is 2.73. The number of rotatable bonds is 3. The second-order valence-corrected chi connectivity index (χ2v) is 7.49. The van der Waals surface area contributed by atoms with E-state index in [2.05, 4.69) is 54.3 Å². The van der Waals surface area contributed by atoms with Crippen molar-refractivity contribution >= 4 is 26.7 Å². The predicted molar refractivity (Wildman–Crippen MR) is 87.7 cm³/mol. The summed E-state index contributed by atoms with van der Waals surface area (Å²) in [5.74, 6) is 0. The van der Waals surface area contributed by atoms with Gasteiger partial charge in [0, 0.05) is 6.54 Å². The molecule has 4 heteroatoms. The molecule has 1 aliphatic rings. The van der Waals surface area contributed by atoms with Gasteiger partial charge in [0.25, 0.3) is 0 Å². The molecule has 108 valence electrons. The topological polar surface area (TPSA) is 28.2 Å². The lowest BCUT2D eigenvalue weighted by Crippen LogP contribution is -2.40. The van der Waals surface area contributed by atoms with Crippen LogP contribution in [0.25, 0.3) is 10.2 Å². The molecule has 1 saturated heterocycles. The number of piperidine rings is 1. The first-order valence-corrected chi connectivity index (χ1v) is 8.15. The number of aromatic nitrogens is 1. The summed E-state index contributed by atoms with van der Waals surface area (Å²) < 4.78 is 1.28. The normalized spacial score (nSPS) is 19.4. The van der Waals surface area contributed by atoms with Crippen molar-refractivity contribution in [3.8, 4) is 0 Å². The van der Waals surface area contributed by atoms with Gasteiger partial charge < -0.3 is 10.2 Å². The van der Waals surface area contributed by atoms with E-state index in [0.717, 1.165) is 17.2 Å². The Morgan fingerprint density at radius 3 is 2.85 bits per heavy atom. The van der Waals surface area contributed by atoms with Gasteiger partial charge in [-0.1, -0.05) is 24.3 Å². The average molecular weight is 289 g/mol. The summed E-state index contributed by atoms with van der Waals surface area (Å²) in [6, 6.07) is 6.46. The van der Waals surface area contributed by atoms with E-state index in [1.165, 1.54) is 36.2 Å². The molecule has 20 heavy (non-hydrogen) atoms. The largest absolute Gasteiger partial charge is 0.361 e. The van der Waals surface area contributed by atoms with Gasteiger partial charge in [0.05, 0.1) is 10.2 Å². The third kappa shape index (κ3) is 2.96. The molecule has 0 atom stereocenters. The summed E-state index contributed by atoms with van der Waals surface area (Å²) >= 11 is 1.77. The molecule has 1 aliphatic heterocycles. The quantitative estimate of drug-likeness (QED) is 0.933. The number of likely N-dealkylation sites (tertiary alicyclic amines) is 1. The number of hydrogen-bond acceptors (Lipinski definition) is 4. The van der Waals surface area contributed by atoms with Crippen LogP contribution < -0.4 is 5.32 Å². The van der Waals surface area contributed by atoms with Gasteiger partial charge in [0.1, 0.15) is 0 Å². The minimum atomic E-state index is 0.403. The molecule has 0 spiro atoms. The summed E-state index contributed by atoms with van der Waals surface area (Å²) in [6.45, 7) is 7.96. The third-order valence-electron chi connectivity index (χ3n) is 4.40. The smallest absolute Gasteiger partial charge is 0.183 e. The van der Waals surface area contributed by atoms with Crippen LogP contribution >= 0.6 is 11.3 Å². The van der Waals surface area contributed by atoms with E-state index >= 15 is 0 Å². The predicted octanol–water partition coefficient (Wildman–Crippen LogP) is 3.75. The second kappa shape index (κ2) is 5.34. The Labute approximate surface area is 125 Å². The van der Waals surface area contributed by atoms with Gasteiger partial charge in [-0.3, -0.25) is 0 Å². The average Bonchev–Trinajstić information content (AvgIpc) is 2.82. The molecule has 0 unspecified atom stereocenters. The first-order valence-electron chi connectivity index (χ1n) is 7.34. The monoisotopic (exact) mass is 289 g/mol. The summed E-state index contributed by atoms with van der Waals surface area (Å²) in [7, 11) is 2.21. The van der Waals surface area contributed by atoms with Crippen molar-refractivity contribution in [2.75, 3.05) is 32.0 Å². The first kappa shape index (κ1) is 13.8. The molecule has 1 aromatic carbocycles. The fourth-order valence-corrected chi connectivity index (χ4v) is 3.69.